The minimum absolute atomic E-state index is 0.389. The van der Waals surface area contributed by atoms with Gasteiger partial charge in [0.05, 0.1) is 5.60 Å². The molecule has 0 aromatic heterocycles. The van der Waals surface area contributed by atoms with Gasteiger partial charge in [0.25, 0.3) is 0 Å². The predicted molar refractivity (Wildman–Crippen MR) is 69.3 cm³/mol. The zero-order valence-electron chi connectivity index (χ0n) is 9.07. The predicted octanol–water partition coefficient (Wildman–Crippen LogP) is 3.83. The highest BCUT2D eigenvalue weighted by molar-refractivity contribution is 9.10. The van der Waals surface area contributed by atoms with Crippen LogP contribution in [0.15, 0.2) is 40.9 Å². The Bertz CT molecular complexity index is 564. The van der Waals surface area contributed by atoms with Crippen molar-refractivity contribution in [3.63, 3.8) is 0 Å². The molecule has 2 heteroatoms. The highest BCUT2D eigenvalue weighted by atomic mass is 79.9. The van der Waals surface area contributed by atoms with Crippen LogP contribution in [-0.4, -0.2) is 5.11 Å². The molecule has 2 atom stereocenters. The molecular weight excluding hydrogens is 264 g/mol. The third-order valence-electron chi connectivity index (χ3n) is 3.57. The molecule has 3 rings (SSSR count). The average molecular weight is 277 g/mol. The van der Waals surface area contributed by atoms with Crippen molar-refractivity contribution in [3.05, 3.63) is 46.4 Å². The number of aliphatic hydroxyl groups is 1. The number of benzene rings is 2. The summed E-state index contributed by atoms with van der Waals surface area (Å²) in [7, 11) is 0. The summed E-state index contributed by atoms with van der Waals surface area (Å²) < 4.78 is 1.09. The molecule has 1 fully saturated rings. The van der Waals surface area contributed by atoms with Gasteiger partial charge < -0.3 is 5.11 Å². The van der Waals surface area contributed by atoms with Crippen LogP contribution in [0, 0.1) is 5.92 Å². The summed E-state index contributed by atoms with van der Waals surface area (Å²) in [5.74, 6) is 0.389. The molecule has 1 N–H and O–H groups in total. The van der Waals surface area contributed by atoms with E-state index < -0.39 is 5.60 Å². The Labute approximate surface area is 103 Å². The van der Waals surface area contributed by atoms with Crippen LogP contribution in [0.1, 0.15) is 18.9 Å². The zero-order chi connectivity index (χ0) is 11.3. The van der Waals surface area contributed by atoms with Crippen LogP contribution in [0.3, 0.4) is 0 Å². The summed E-state index contributed by atoms with van der Waals surface area (Å²) in [5.41, 5.74) is 0.483. The Morgan fingerprint density at radius 2 is 1.81 bits per heavy atom. The fraction of sp³-hybridized carbons (Fsp3) is 0.286. The molecule has 1 nitrogen and oxygen atoms in total. The number of hydrogen-bond acceptors (Lipinski definition) is 1. The van der Waals surface area contributed by atoms with Gasteiger partial charge in [0, 0.05) is 4.47 Å². The molecule has 0 saturated heterocycles. The fourth-order valence-corrected chi connectivity index (χ4v) is 2.67. The van der Waals surface area contributed by atoms with Gasteiger partial charge in [0.1, 0.15) is 0 Å². The third-order valence-corrected chi connectivity index (χ3v) is 4.07. The average Bonchev–Trinajstić information content (AvgIpc) is 2.87. The van der Waals surface area contributed by atoms with Crippen LogP contribution in [0.25, 0.3) is 10.8 Å². The van der Waals surface area contributed by atoms with Crippen LogP contribution in [0.2, 0.25) is 0 Å². The lowest BCUT2D eigenvalue weighted by atomic mass is 10.0. The first kappa shape index (κ1) is 10.3. The van der Waals surface area contributed by atoms with E-state index in [0.29, 0.717) is 5.92 Å². The summed E-state index contributed by atoms with van der Waals surface area (Å²) in [5, 5.41) is 12.7. The van der Waals surface area contributed by atoms with Gasteiger partial charge in [0.15, 0.2) is 0 Å². The molecule has 2 aromatic rings. The lowest BCUT2D eigenvalue weighted by Gasteiger charge is -2.10. The normalized spacial score (nSPS) is 28.3. The first-order valence-corrected chi connectivity index (χ1v) is 6.31. The van der Waals surface area contributed by atoms with Crippen molar-refractivity contribution < 1.29 is 5.11 Å². The quantitative estimate of drug-likeness (QED) is 0.840. The Balaban J connectivity index is 2.14. The van der Waals surface area contributed by atoms with Crippen LogP contribution in [-0.2, 0) is 5.60 Å². The van der Waals surface area contributed by atoms with Crippen LogP contribution < -0.4 is 0 Å². The Hall–Kier alpha value is -0.860. The van der Waals surface area contributed by atoms with E-state index >= 15 is 0 Å². The van der Waals surface area contributed by atoms with Crippen LogP contribution in [0.5, 0.6) is 0 Å². The Morgan fingerprint density at radius 3 is 2.50 bits per heavy atom. The molecule has 2 unspecified atom stereocenters. The molecule has 1 aliphatic rings. The molecule has 0 heterocycles. The summed E-state index contributed by atoms with van der Waals surface area (Å²) in [6.45, 7) is 2.09. The highest BCUT2D eigenvalue weighted by Gasteiger charge is 2.50. The number of fused-ring (bicyclic) bond motifs is 1. The van der Waals surface area contributed by atoms with Crippen molar-refractivity contribution in [2.24, 2.45) is 5.92 Å². The maximum absolute atomic E-state index is 10.3. The van der Waals surface area contributed by atoms with Crippen molar-refractivity contribution in [2.75, 3.05) is 0 Å². The van der Waals surface area contributed by atoms with E-state index in [1.165, 1.54) is 10.8 Å². The van der Waals surface area contributed by atoms with Crippen molar-refractivity contribution >= 4 is 26.7 Å². The molecule has 0 amide bonds. The first-order chi connectivity index (χ1) is 7.59. The number of halogens is 1. The smallest absolute Gasteiger partial charge is 0.0927 e. The van der Waals surface area contributed by atoms with Gasteiger partial charge in [-0.1, -0.05) is 41.1 Å². The van der Waals surface area contributed by atoms with Gasteiger partial charge in [-0.3, -0.25) is 0 Å². The minimum atomic E-state index is -0.568. The molecular formula is C14H13BrO. The van der Waals surface area contributed by atoms with Crippen molar-refractivity contribution in [3.8, 4) is 0 Å². The Kier molecular flexibility index (Phi) is 2.13. The van der Waals surface area contributed by atoms with Gasteiger partial charge in [0.2, 0.25) is 0 Å². The van der Waals surface area contributed by atoms with E-state index in [1.807, 2.05) is 12.1 Å². The number of rotatable bonds is 1. The van der Waals surface area contributed by atoms with Crippen molar-refractivity contribution in [2.45, 2.75) is 18.9 Å². The first-order valence-electron chi connectivity index (χ1n) is 5.52. The molecule has 82 valence electrons. The van der Waals surface area contributed by atoms with Gasteiger partial charge in [-0.15, -0.1) is 0 Å². The second-order valence-electron chi connectivity index (χ2n) is 4.74. The Morgan fingerprint density at radius 1 is 1.19 bits per heavy atom. The van der Waals surface area contributed by atoms with Gasteiger partial charge in [-0.2, -0.15) is 0 Å². The summed E-state index contributed by atoms with van der Waals surface area (Å²) >= 11 is 3.46. The fourth-order valence-electron chi connectivity index (χ4n) is 2.30. The topological polar surface area (TPSA) is 20.2 Å². The summed E-state index contributed by atoms with van der Waals surface area (Å²) in [4.78, 5) is 0. The maximum Gasteiger partial charge on any atom is 0.0927 e. The molecule has 0 bridgehead atoms. The van der Waals surface area contributed by atoms with E-state index in [-0.39, 0.29) is 0 Å². The van der Waals surface area contributed by atoms with Crippen molar-refractivity contribution in [1.82, 2.24) is 0 Å². The molecule has 0 aliphatic heterocycles. The zero-order valence-corrected chi connectivity index (χ0v) is 10.7. The van der Waals surface area contributed by atoms with Gasteiger partial charge in [-0.05, 0) is 46.9 Å². The molecule has 1 aliphatic carbocycles. The number of hydrogen-bond donors (Lipinski definition) is 1. The lowest BCUT2D eigenvalue weighted by Crippen LogP contribution is -2.06. The molecule has 1 saturated carbocycles. The SMILES string of the molecule is CC1CC1(O)c1ccc2cc(Br)ccc2c1. The van der Waals surface area contributed by atoms with E-state index in [9.17, 15) is 5.11 Å². The molecule has 0 radical (unpaired) electrons. The van der Waals surface area contributed by atoms with Crippen LogP contribution >= 0.6 is 15.9 Å². The lowest BCUT2D eigenvalue weighted by molar-refractivity contribution is 0.135. The van der Waals surface area contributed by atoms with Crippen LogP contribution in [0.4, 0.5) is 0 Å². The van der Waals surface area contributed by atoms with Gasteiger partial charge >= 0.3 is 0 Å². The minimum Gasteiger partial charge on any atom is -0.385 e. The summed E-state index contributed by atoms with van der Waals surface area (Å²) in [6, 6.07) is 12.4. The standard InChI is InChI=1S/C14H13BrO/c1-9-8-14(9,16)12-4-2-11-7-13(15)5-3-10(11)6-12/h2-7,9,16H,8H2,1H3. The van der Waals surface area contributed by atoms with Crippen molar-refractivity contribution in [1.29, 1.82) is 0 Å². The largest absolute Gasteiger partial charge is 0.385 e. The monoisotopic (exact) mass is 276 g/mol. The van der Waals surface area contributed by atoms with E-state index in [4.69, 9.17) is 0 Å². The highest BCUT2D eigenvalue weighted by Crippen LogP contribution is 2.51. The molecule has 2 aromatic carbocycles. The second-order valence-corrected chi connectivity index (χ2v) is 5.65. The van der Waals surface area contributed by atoms with Gasteiger partial charge in [-0.25, -0.2) is 0 Å². The summed E-state index contributed by atoms with van der Waals surface area (Å²) in [6.07, 6.45) is 0.884. The third kappa shape index (κ3) is 1.48. The maximum atomic E-state index is 10.3. The molecule has 16 heavy (non-hydrogen) atoms. The molecule has 0 spiro atoms. The van der Waals surface area contributed by atoms with E-state index in [1.54, 1.807) is 0 Å². The second kappa shape index (κ2) is 3.31. The van der Waals surface area contributed by atoms with E-state index in [2.05, 4.69) is 47.1 Å². The van der Waals surface area contributed by atoms with E-state index in [0.717, 1.165) is 16.5 Å².